The predicted molar refractivity (Wildman–Crippen MR) is 147 cm³/mol. The van der Waals surface area contributed by atoms with Crippen LogP contribution in [0.1, 0.15) is 41.9 Å². The van der Waals surface area contributed by atoms with Gasteiger partial charge in [-0.05, 0) is 74.2 Å². The third-order valence-corrected chi connectivity index (χ3v) is 6.96. The first-order valence-electron chi connectivity index (χ1n) is 12.4. The van der Waals surface area contributed by atoms with Gasteiger partial charge < -0.3 is 16.0 Å². The first kappa shape index (κ1) is 27.1. The van der Waals surface area contributed by atoms with Crippen molar-refractivity contribution in [1.82, 2.24) is 20.2 Å². The van der Waals surface area contributed by atoms with E-state index in [0.717, 1.165) is 27.4 Å². The Morgan fingerprint density at radius 1 is 1.16 bits per heavy atom. The number of nitrogen functional groups attached to an aromatic ring is 1. The number of amides is 4. The van der Waals surface area contributed by atoms with Gasteiger partial charge in [0.05, 0.1) is 12.0 Å². The number of aromatic nitrogens is 2. The summed E-state index contributed by atoms with van der Waals surface area (Å²) in [6.07, 6.45) is 2.38. The minimum Gasteiger partial charge on any atom is -0.384 e. The molecule has 10 heteroatoms. The van der Waals surface area contributed by atoms with Crippen molar-refractivity contribution in [3.8, 4) is 0 Å². The second-order valence-electron chi connectivity index (χ2n) is 9.52. The summed E-state index contributed by atoms with van der Waals surface area (Å²) < 4.78 is 0. The van der Waals surface area contributed by atoms with E-state index in [9.17, 15) is 14.4 Å². The molecule has 2 aromatic heterocycles. The van der Waals surface area contributed by atoms with E-state index < -0.39 is 23.9 Å². The van der Waals surface area contributed by atoms with Gasteiger partial charge in [0.15, 0.2) is 0 Å². The average molecular weight is 535 g/mol. The average Bonchev–Trinajstić information content (AvgIpc) is 2.87. The summed E-state index contributed by atoms with van der Waals surface area (Å²) in [5.74, 6) is -1.20. The van der Waals surface area contributed by atoms with Gasteiger partial charge >= 0.3 is 6.03 Å². The maximum atomic E-state index is 13.8. The number of anilines is 2. The molecule has 0 spiro atoms. The molecule has 3 heterocycles. The van der Waals surface area contributed by atoms with E-state index in [0.29, 0.717) is 22.9 Å². The molecule has 4 rings (SSSR count). The maximum Gasteiger partial charge on any atom is 0.325 e. The molecule has 1 saturated heterocycles. The van der Waals surface area contributed by atoms with Crippen molar-refractivity contribution in [3.63, 3.8) is 0 Å². The van der Waals surface area contributed by atoms with E-state index in [4.69, 9.17) is 17.3 Å². The van der Waals surface area contributed by atoms with Gasteiger partial charge in [-0.25, -0.2) is 9.78 Å². The molecule has 1 fully saturated rings. The standard InChI is InChI=1S/C28H31ClN6O3/c1-5-23(19-7-6-8-20(29)15-19)33-28(38)35-25(22(26(35)36)13-18-9-10-31-24(30)14-18)27(37)34(4)21-11-16(2)32-17(3)12-21/h6-12,14-15,22-23,25H,5,13H2,1-4H3,(H2,30,31)(H,33,38)/t22-,23-,25+/m1/s1. The van der Waals surface area contributed by atoms with Gasteiger partial charge in [-0.15, -0.1) is 0 Å². The number of urea groups is 1. The highest BCUT2D eigenvalue weighted by Crippen LogP contribution is 2.34. The van der Waals surface area contributed by atoms with E-state index in [-0.39, 0.29) is 18.4 Å². The van der Waals surface area contributed by atoms with Crippen LogP contribution in [-0.2, 0) is 16.0 Å². The van der Waals surface area contributed by atoms with Crippen LogP contribution in [0, 0.1) is 19.8 Å². The highest BCUT2D eigenvalue weighted by Gasteiger charge is 2.55. The second-order valence-corrected chi connectivity index (χ2v) is 9.96. The summed E-state index contributed by atoms with van der Waals surface area (Å²) in [5.41, 5.74) is 9.55. The molecule has 0 aliphatic carbocycles. The Morgan fingerprint density at radius 3 is 2.50 bits per heavy atom. The number of likely N-dealkylation sites (N-methyl/N-ethyl adjacent to an activating group) is 1. The number of β-lactam (4-membered cyclic amide) rings is 1. The lowest BCUT2D eigenvalue weighted by Crippen LogP contribution is -2.70. The third-order valence-electron chi connectivity index (χ3n) is 6.73. The molecule has 0 unspecified atom stereocenters. The van der Waals surface area contributed by atoms with Crippen LogP contribution in [0.25, 0.3) is 0 Å². The van der Waals surface area contributed by atoms with E-state index in [1.165, 1.54) is 4.90 Å². The van der Waals surface area contributed by atoms with Crippen LogP contribution in [0.4, 0.5) is 16.3 Å². The van der Waals surface area contributed by atoms with E-state index in [1.807, 2.05) is 26.8 Å². The predicted octanol–water partition coefficient (Wildman–Crippen LogP) is 4.22. The van der Waals surface area contributed by atoms with Crippen molar-refractivity contribution >= 4 is 41.0 Å². The monoisotopic (exact) mass is 534 g/mol. The molecule has 9 nitrogen and oxygen atoms in total. The van der Waals surface area contributed by atoms with Gasteiger partial charge in [0, 0.05) is 35.3 Å². The van der Waals surface area contributed by atoms with Crippen molar-refractivity contribution < 1.29 is 14.4 Å². The SMILES string of the molecule is CC[C@@H](NC(=O)N1C(=O)[C@H](Cc2ccnc(N)c2)[C@H]1C(=O)N(C)c1cc(C)nc(C)c1)c1cccc(Cl)c1. The number of hydrogen-bond acceptors (Lipinski definition) is 6. The molecule has 4 amide bonds. The third kappa shape index (κ3) is 5.62. The first-order chi connectivity index (χ1) is 18.1. The van der Waals surface area contributed by atoms with Crippen molar-refractivity contribution in [1.29, 1.82) is 0 Å². The first-order valence-corrected chi connectivity index (χ1v) is 12.8. The lowest BCUT2D eigenvalue weighted by atomic mass is 9.81. The summed E-state index contributed by atoms with van der Waals surface area (Å²) in [4.78, 5) is 51.5. The van der Waals surface area contributed by atoms with Crippen LogP contribution in [0.3, 0.4) is 0 Å². The van der Waals surface area contributed by atoms with Crippen LogP contribution in [0.2, 0.25) is 5.02 Å². The Morgan fingerprint density at radius 2 is 1.87 bits per heavy atom. The fourth-order valence-corrected chi connectivity index (χ4v) is 5.03. The Kier molecular flexibility index (Phi) is 7.97. The molecule has 38 heavy (non-hydrogen) atoms. The maximum absolute atomic E-state index is 13.8. The number of hydrogen-bond donors (Lipinski definition) is 2. The minimum atomic E-state index is -0.993. The number of imide groups is 1. The van der Waals surface area contributed by atoms with Gasteiger partial charge in [-0.1, -0.05) is 30.7 Å². The van der Waals surface area contributed by atoms with Crippen molar-refractivity contribution in [2.75, 3.05) is 17.7 Å². The van der Waals surface area contributed by atoms with E-state index in [2.05, 4.69) is 15.3 Å². The molecule has 1 aromatic carbocycles. The highest BCUT2D eigenvalue weighted by atomic mass is 35.5. The lowest BCUT2D eigenvalue weighted by molar-refractivity contribution is -0.156. The summed E-state index contributed by atoms with van der Waals surface area (Å²) in [7, 11) is 1.64. The zero-order valence-corrected chi connectivity index (χ0v) is 22.6. The summed E-state index contributed by atoms with van der Waals surface area (Å²) in [5, 5.41) is 3.46. The quantitative estimate of drug-likeness (QED) is 0.438. The molecular formula is C28H31ClN6O3. The molecule has 3 aromatic rings. The number of nitrogens with zero attached hydrogens (tertiary/aromatic N) is 4. The van der Waals surface area contributed by atoms with Gasteiger partial charge in [0.1, 0.15) is 11.9 Å². The lowest BCUT2D eigenvalue weighted by Gasteiger charge is -2.46. The molecule has 1 aliphatic heterocycles. The fraction of sp³-hybridized carbons (Fsp3) is 0.321. The summed E-state index contributed by atoms with van der Waals surface area (Å²) >= 11 is 6.15. The van der Waals surface area contributed by atoms with Crippen molar-refractivity contribution in [2.45, 2.75) is 45.7 Å². The number of carbonyl (C=O) groups is 3. The molecular weight excluding hydrogens is 504 g/mol. The van der Waals surface area contributed by atoms with Crippen LogP contribution in [-0.4, -0.2) is 45.8 Å². The molecule has 0 saturated carbocycles. The normalized spacial score (nSPS) is 17.5. The van der Waals surface area contributed by atoms with Crippen molar-refractivity contribution in [3.05, 3.63) is 82.3 Å². The Labute approximate surface area is 227 Å². The van der Waals surface area contributed by atoms with Crippen molar-refractivity contribution in [2.24, 2.45) is 5.92 Å². The molecule has 1 aliphatic rings. The van der Waals surface area contributed by atoms with Crippen LogP contribution in [0.15, 0.2) is 54.7 Å². The number of aryl methyl sites for hydroxylation is 2. The zero-order valence-electron chi connectivity index (χ0n) is 21.8. The summed E-state index contributed by atoms with van der Waals surface area (Å²) in [6, 6.07) is 12.2. The number of pyridine rings is 2. The molecule has 3 atom stereocenters. The number of rotatable bonds is 7. The van der Waals surface area contributed by atoms with Crippen LogP contribution < -0.4 is 16.0 Å². The number of nitrogens with one attached hydrogen (secondary N) is 1. The number of likely N-dealkylation sites (tertiary alicyclic amines) is 1. The van der Waals surface area contributed by atoms with E-state index >= 15 is 0 Å². The van der Waals surface area contributed by atoms with Gasteiger partial charge in [0.25, 0.3) is 5.91 Å². The van der Waals surface area contributed by atoms with Crippen LogP contribution in [0.5, 0.6) is 0 Å². The topological polar surface area (TPSA) is 122 Å². The molecule has 0 bridgehead atoms. The van der Waals surface area contributed by atoms with E-state index in [1.54, 1.807) is 55.7 Å². The number of carbonyl (C=O) groups excluding carboxylic acids is 3. The Bertz CT molecular complexity index is 1360. The highest BCUT2D eigenvalue weighted by molar-refractivity contribution is 6.30. The summed E-state index contributed by atoms with van der Waals surface area (Å²) in [6.45, 7) is 5.61. The number of benzene rings is 1. The molecule has 198 valence electrons. The fourth-order valence-electron chi connectivity index (χ4n) is 4.83. The van der Waals surface area contributed by atoms with Gasteiger partial charge in [-0.2, -0.15) is 0 Å². The second kappa shape index (κ2) is 11.2. The Hall–Kier alpha value is -3.98. The van der Waals surface area contributed by atoms with Gasteiger partial charge in [-0.3, -0.25) is 19.5 Å². The molecule has 0 radical (unpaired) electrons. The minimum absolute atomic E-state index is 0.249. The van der Waals surface area contributed by atoms with Crippen LogP contribution >= 0.6 is 11.6 Å². The number of halogens is 1. The smallest absolute Gasteiger partial charge is 0.325 e. The van der Waals surface area contributed by atoms with Gasteiger partial charge in [0.2, 0.25) is 5.91 Å². The Balaban J connectivity index is 1.63. The zero-order chi connectivity index (χ0) is 27.6. The largest absolute Gasteiger partial charge is 0.384 e. The number of nitrogens with two attached hydrogens (primary N) is 1. The molecule has 3 N–H and O–H groups in total.